The minimum absolute atomic E-state index is 0.309. The summed E-state index contributed by atoms with van der Waals surface area (Å²) in [5.41, 5.74) is 8.40. The first-order valence-electron chi connectivity index (χ1n) is 5.99. The van der Waals surface area contributed by atoms with Gasteiger partial charge in [-0.1, -0.05) is 6.42 Å². The molecule has 0 radical (unpaired) electrons. The molecular formula is C12H16N2O3S. The van der Waals surface area contributed by atoms with E-state index in [-0.39, 0.29) is 12.5 Å². The average molecular weight is 268 g/mol. The molecule has 0 atom stereocenters. The Labute approximate surface area is 109 Å². The van der Waals surface area contributed by atoms with Gasteiger partial charge >= 0.3 is 0 Å². The minimum Gasteiger partial charge on any atom is -0.368 e. The Kier molecular flexibility index (Phi) is 4.33. The van der Waals surface area contributed by atoms with Gasteiger partial charge in [0.15, 0.2) is 6.61 Å². The number of aryl methyl sites for hydroxylation is 2. The van der Waals surface area contributed by atoms with Gasteiger partial charge in [0.1, 0.15) is 0 Å². The zero-order chi connectivity index (χ0) is 13.0. The maximum Gasteiger partial charge on any atom is 0.284 e. The number of carbonyl (C=O) groups excluding carboxylic acids is 2. The fraction of sp³-hybridized carbons (Fsp3) is 0.500. The van der Waals surface area contributed by atoms with Crippen LogP contribution in [0.2, 0.25) is 0 Å². The van der Waals surface area contributed by atoms with E-state index >= 15 is 0 Å². The van der Waals surface area contributed by atoms with E-state index in [1.54, 1.807) is 0 Å². The average Bonchev–Trinajstić information content (AvgIpc) is 2.60. The molecule has 0 bridgehead atoms. The number of nitrogens with one attached hydrogen (secondary N) is 1. The van der Waals surface area contributed by atoms with Crippen LogP contribution in [0.25, 0.3) is 0 Å². The summed E-state index contributed by atoms with van der Waals surface area (Å²) in [6, 6.07) is 1.92. The predicted molar refractivity (Wildman–Crippen MR) is 68.2 cm³/mol. The van der Waals surface area contributed by atoms with Gasteiger partial charge in [0.25, 0.3) is 5.91 Å². The molecule has 1 aromatic rings. The van der Waals surface area contributed by atoms with Gasteiger partial charge in [-0.2, -0.15) is 0 Å². The van der Waals surface area contributed by atoms with E-state index in [1.165, 1.54) is 41.0 Å². The molecule has 18 heavy (non-hydrogen) atoms. The fourth-order valence-electron chi connectivity index (χ4n) is 2.00. The largest absolute Gasteiger partial charge is 0.368 e. The fourth-order valence-corrected chi connectivity index (χ4v) is 3.14. The lowest BCUT2D eigenvalue weighted by Crippen LogP contribution is -2.28. The summed E-state index contributed by atoms with van der Waals surface area (Å²) >= 11 is 1.51. The third kappa shape index (κ3) is 3.30. The number of primary amides is 1. The van der Waals surface area contributed by atoms with E-state index in [0.29, 0.717) is 4.88 Å². The lowest BCUT2D eigenvalue weighted by Gasteiger charge is -2.01. The van der Waals surface area contributed by atoms with E-state index < -0.39 is 5.91 Å². The van der Waals surface area contributed by atoms with Crippen LogP contribution < -0.4 is 11.2 Å². The SMILES string of the molecule is NC(=O)CONC(=O)c1cc2c(s1)CCCCC2. The molecular weight excluding hydrogens is 252 g/mol. The third-order valence-electron chi connectivity index (χ3n) is 2.85. The smallest absolute Gasteiger partial charge is 0.284 e. The van der Waals surface area contributed by atoms with E-state index in [4.69, 9.17) is 10.6 Å². The number of rotatable bonds is 4. The van der Waals surface area contributed by atoms with Crippen LogP contribution in [-0.4, -0.2) is 18.4 Å². The topological polar surface area (TPSA) is 81.4 Å². The molecule has 0 fully saturated rings. The van der Waals surface area contributed by atoms with Crippen molar-refractivity contribution >= 4 is 23.2 Å². The molecule has 5 nitrogen and oxygen atoms in total. The lowest BCUT2D eigenvalue weighted by molar-refractivity contribution is -0.124. The van der Waals surface area contributed by atoms with Crippen molar-refractivity contribution in [1.82, 2.24) is 5.48 Å². The Bertz CT molecular complexity index is 433. The molecule has 0 aromatic carbocycles. The Morgan fingerprint density at radius 2 is 2.11 bits per heavy atom. The number of amides is 2. The Balaban J connectivity index is 1.96. The van der Waals surface area contributed by atoms with Crippen LogP contribution in [0.5, 0.6) is 0 Å². The first-order chi connectivity index (χ1) is 8.66. The highest BCUT2D eigenvalue weighted by molar-refractivity contribution is 7.14. The van der Waals surface area contributed by atoms with Crippen LogP contribution in [0.3, 0.4) is 0 Å². The number of thiophene rings is 1. The Morgan fingerprint density at radius 3 is 2.89 bits per heavy atom. The molecule has 98 valence electrons. The van der Waals surface area contributed by atoms with Gasteiger partial charge < -0.3 is 5.73 Å². The van der Waals surface area contributed by atoms with Gasteiger partial charge in [-0.25, -0.2) is 5.48 Å². The van der Waals surface area contributed by atoms with Crippen molar-refractivity contribution in [2.24, 2.45) is 5.73 Å². The van der Waals surface area contributed by atoms with Crippen LogP contribution >= 0.6 is 11.3 Å². The summed E-state index contributed by atoms with van der Waals surface area (Å²) in [7, 11) is 0. The van der Waals surface area contributed by atoms with Crippen molar-refractivity contribution in [2.75, 3.05) is 6.61 Å². The number of hydrogen-bond donors (Lipinski definition) is 2. The molecule has 1 heterocycles. The maximum atomic E-state index is 11.8. The van der Waals surface area contributed by atoms with E-state index in [0.717, 1.165) is 12.8 Å². The quantitative estimate of drug-likeness (QED) is 0.635. The van der Waals surface area contributed by atoms with Crippen LogP contribution in [0.4, 0.5) is 0 Å². The van der Waals surface area contributed by atoms with Gasteiger partial charge in [0.2, 0.25) is 5.91 Å². The second-order valence-corrected chi connectivity index (χ2v) is 5.44. The van der Waals surface area contributed by atoms with Crippen molar-refractivity contribution in [3.05, 3.63) is 21.4 Å². The summed E-state index contributed by atoms with van der Waals surface area (Å²) < 4.78 is 0. The molecule has 0 saturated heterocycles. The molecule has 1 aliphatic carbocycles. The van der Waals surface area contributed by atoms with Crippen LogP contribution in [0.1, 0.15) is 39.4 Å². The van der Waals surface area contributed by atoms with E-state index in [9.17, 15) is 9.59 Å². The number of carbonyl (C=O) groups is 2. The first kappa shape index (κ1) is 13.0. The van der Waals surface area contributed by atoms with Crippen molar-refractivity contribution in [3.8, 4) is 0 Å². The normalized spacial score (nSPS) is 14.7. The zero-order valence-electron chi connectivity index (χ0n) is 10.0. The highest BCUT2D eigenvalue weighted by Crippen LogP contribution is 2.28. The van der Waals surface area contributed by atoms with Crippen molar-refractivity contribution in [2.45, 2.75) is 32.1 Å². The van der Waals surface area contributed by atoms with Gasteiger partial charge in [0, 0.05) is 4.88 Å². The van der Waals surface area contributed by atoms with Gasteiger partial charge in [-0.3, -0.25) is 14.4 Å². The summed E-state index contributed by atoms with van der Waals surface area (Å²) in [5.74, 6) is -0.924. The van der Waals surface area contributed by atoms with Crippen LogP contribution in [0, 0.1) is 0 Å². The lowest BCUT2D eigenvalue weighted by atomic mass is 10.1. The molecule has 2 amide bonds. The first-order valence-corrected chi connectivity index (χ1v) is 6.80. The summed E-state index contributed by atoms with van der Waals surface area (Å²) in [4.78, 5) is 28.8. The van der Waals surface area contributed by atoms with Gasteiger partial charge in [0.05, 0.1) is 4.88 Å². The number of hydrogen-bond acceptors (Lipinski definition) is 4. The van der Waals surface area contributed by atoms with Gasteiger partial charge in [-0.05, 0) is 37.3 Å². The Hall–Kier alpha value is -1.40. The third-order valence-corrected chi connectivity index (χ3v) is 4.09. The number of fused-ring (bicyclic) bond motifs is 1. The molecule has 3 N–H and O–H groups in total. The van der Waals surface area contributed by atoms with Crippen LogP contribution in [-0.2, 0) is 22.5 Å². The zero-order valence-corrected chi connectivity index (χ0v) is 10.8. The van der Waals surface area contributed by atoms with Crippen molar-refractivity contribution in [1.29, 1.82) is 0 Å². The summed E-state index contributed by atoms with van der Waals surface area (Å²) in [6.45, 7) is -0.309. The summed E-state index contributed by atoms with van der Waals surface area (Å²) in [5, 5.41) is 0. The summed E-state index contributed by atoms with van der Waals surface area (Å²) in [6.07, 6.45) is 5.72. The molecule has 0 saturated carbocycles. The maximum absolute atomic E-state index is 11.8. The van der Waals surface area contributed by atoms with Gasteiger partial charge in [-0.15, -0.1) is 11.3 Å². The van der Waals surface area contributed by atoms with E-state index in [1.807, 2.05) is 6.07 Å². The highest BCUT2D eigenvalue weighted by Gasteiger charge is 2.16. The van der Waals surface area contributed by atoms with Crippen molar-refractivity contribution in [3.63, 3.8) is 0 Å². The highest BCUT2D eigenvalue weighted by atomic mass is 32.1. The second-order valence-electron chi connectivity index (χ2n) is 4.31. The molecule has 2 rings (SSSR count). The molecule has 0 unspecified atom stereocenters. The minimum atomic E-state index is -0.614. The second kappa shape index (κ2) is 5.97. The standard InChI is InChI=1S/C12H16N2O3S/c13-11(15)7-17-14-12(16)10-6-8-4-2-1-3-5-9(8)18-10/h6H,1-5,7H2,(H2,13,15)(H,14,16). The van der Waals surface area contributed by atoms with E-state index in [2.05, 4.69) is 5.48 Å². The molecule has 1 aromatic heterocycles. The number of hydroxylamine groups is 1. The Morgan fingerprint density at radius 1 is 1.33 bits per heavy atom. The van der Waals surface area contributed by atoms with Crippen molar-refractivity contribution < 1.29 is 14.4 Å². The number of nitrogens with two attached hydrogens (primary N) is 1. The monoisotopic (exact) mass is 268 g/mol. The predicted octanol–water partition coefficient (Wildman–Crippen LogP) is 1.16. The molecule has 6 heteroatoms. The molecule has 1 aliphatic rings. The molecule has 0 spiro atoms. The van der Waals surface area contributed by atoms with Crippen LogP contribution in [0.15, 0.2) is 6.07 Å². The molecule has 0 aliphatic heterocycles.